The van der Waals surface area contributed by atoms with Gasteiger partial charge in [0.15, 0.2) is 5.13 Å². The maximum atomic E-state index is 4.89. The summed E-state index contributed by atoms with van der Waals surface area (Å²) in [5.41, 5.74) is 4.87. The van der Waals surface area contributed by atoms with Crippen LogP contribution in [0.15, 0.2) is 29.8 Å². The number of nitrogens with one attached hydrogen (secondary N) is 1. The largest absolute Gasteiger partial charge is 0.359 e. The van der Waals surface area contributed by atoms with Gasteiger partial charge in [0.1, 0.15) is 0 Å². The van der Waals surface area contributed by atoms with E-state index in [9.17, 15) is 0 Å². The molecule has 2 heterocycles. The minimum atomic E-state index is 0.586. The smallest absolute Gasteiger partial charge is 0.183 e. The molecule has 3 aromatic rings. The van der Waals surface area contributed by atoms with Crippen molar-refractivity contribution in [1.29, 1.82) is 0 Å². The van der Waals surface area contributed by atoms with Gasteiger partial charge in [0.2, 0.25) is 0 Å². The first-order chi connectivity index (χ1) is 11.6. The molecule has 1 aromatic carbocycles. The second-order valence-corrected chi connectivity index (χ2v) is 8.18. The first-order valence-electron chi connectivity index (χ1n) is 8.88. The Bertz CT molecular complexity index is 861. The summed E-state index contributed by atoms with van der Waals surface area (Å²) in [4.78, 5) is 4.89. The van der Waals surface area contributed by atoms with Gasteiger partial charge in [-0.1, -0.05) is 31.4 Å². The molecule has 1 fully saturated rings. The Labute approximate surface area is 147 Å². The second-order valence-electron chi connectivity index (χ2n) is 7.33. The number of aryl methyl sites for hydroxylation is 2. The van der Waals surface area contributed by atoms with Gasteiger partial charge in [-0.2, -0.15) is 0 Å². The van der Waals surface area contributed by atoms with E-state index in [1.54, 1.807) is 11.3 Å². The highest BCUT2D eigenvalue weighted by Crippen LogP contribution is 2.34. The fourth-order valence-electron chi connectivity index (χ4n) is 3.91. The molecule has 2 aromatic heterocycles. The van der Waals surface area contributed by atoms with Crippen molar-refractivity contribution in [2.45, 2.75) is 45.6 Å². The van der Waals surface area contributed by atoms with Crippen LogP contribution in [0.1, 0.15) is 38.2 Å². The van der Waals surface area contributed by atoms with Crippen molar-refractivity contribution in [1.82, 2.24) is 9.55 Å². The van der Waals surface area contributed by atoms with Gasteiger partial charge in [-0.25, -0.2) is 4.98 Å². The average molecular weight is 340 g/mol. The van der Waals surface area contributed by atoms with Crippen LogP contribution in [0.2, 0.25) is 0 Å². The molecule has 0 aliphatic heterocycles. The van der Waals surface area contributed by atoms with E-state index in [0.29, 0.717) is 6.04 Å². The van der Waals surface area contributed by atoms with Crippen molar-refractivity contribution in [3.63, 3.8) is 0 Å². The summed E-state index contributed by atoms with van der Waals surface area (Å²) >= 11 is 1.73. The van der Waals surface area contributed by atoms with Crippen LogP contribution >= 0.6 is 11.3 Å². The molecule has 0 bridgehead atoms. The van der Waals surface area contributed by atoms with E-state index in [-0.39, 0.29) is 0 Å². The molecule has 126 valence electrons. The van der Waals surface area contributed by atoms with Crippen LogP contribution in [-0.2, 0) is 7.05 Å². The predicted octanol–water partition coefficient (Wildman–Crippen LogP) is 5.60. The molecule has 0 unspecified atom stereocenters. The Kier molecular flexibility index (Phi) is 4.09. The summed E-state index contributed by atoms with van der Waals surface area (Å²) in [6, 6.07) is 7.22. The third-order valence-electron chi connectivity index (χ3n) is 5.19. The molecule has 1 saturated carbocycles. The highest BCUT2D eigenvalue weighted by atomic mass is 32.1. The van der Waals surface area contributed by atoms with Gasteiger partial charge in [-0.05, 0) is 37.8 Å². The number of hydrogen-bond donors (Lipinski definition) is 1. The predicted molar refractivity (Wildman–Crippen MR) is 104 cm³/mol. The topological polar surface area (TPSA) is 29.9 Å². The molecule has 0 radical (unpaired) electrons. The van der Waals surface area contributed by atoms with E-state index in [2.05, 4.69) is 60.6 Å². The summed E-state index contributed by atoms with van der Waals surface area (Å²) in [7, 11) is 2.11. The molecule has 2 atom stereocenters. The van der Waals surface area contributed by atoms with Gasteiger partial charge in [-0.15, -0.1) is 11.3 Å². The fourth-order valence-corrected chi connectivity index (χ4v) is 4.70. The lowest BCUT2D eigenvalue weighted by Gasteiger charge is -2.27. The van der Waals surface area contributed by atoms with Crippen molar-refractivity contribution in [3.8, 4) is 11.3 Å². The van der Waals surface area contributed by atoms with Crippen LogP contribution in [0.4, 0.5) is 5.13 Å². The van der Waals surface area contributed by atoms with Crippen molar-refractivity contribution in [3.05, 3.63) is 35.3 Å². The molecule has 1 N–H and O–H groups in total. The van der Waals surface area contributed by atoms with Gasteiger partial charge in [0, 0.05) is 41.1 Å². The number of hydrogen-bond acceptors (Lipinski definition) is 3. The van der Waals surface area contributed by atoms with E-state index >= 15 is 0 Å². The Morgan fingerprint density at radius 2 is 2.17 bits per heavy atom. The van der Waals surface area contributed by atoms with Crippen LogP contribution in [0.25, 0.3) is 22.2 Å². The van der Waals surface area contributed by atoms with E-state index in [0.717, 1.165) is 16.7 Å². The lowest BCUT2D eigenvalue weighted by atomic mass is 9.87. The molecule has 1 aliphatic rings. The number of benzene rings is 1. The Balaban J connectivity index is 1.62. The average Bonchev–Trinajstić information content (AvgIpc) is 3.12. The monoisotopic (exact) mass is 339 g/mol. The zero-order valence-electron chi connectivity index (χ0n) is 14.7. The van der Waals surface area contributed by atoms with Crippen LogP contribution in [-0.4, -0.2) is 15.6 Å². The third-order valence-corrected chi connectivity index (χ3v) is 5.96. The van der Waals surface area contributed by atoms with E-state index in [1.807, 2.05) is 0 Å². The van der Waals surface area contributed by atoms with Crippen LogP contribution < -0.4 is 5.32 Å². The number of aromatic nitrogens is 2. The van der Waals surface area contributed by atoms with E-state index in [1.165, 1.54) is 47.7 Å². The maximum Gasteiger partial charge on any atom is 0.183 e. The Morgan fingerprint density at radius 1 is 1.29 bits per heavy atom. The van der Waals surface area contributed by atoms with Gasteiger partial charge in [0.05, 0.1) is 5.69 Å². The number of thiazole rings is 1. The number of fused-ring (bicyclic) bond motifs is 1. The zero-order chi connectivity index (χ0) is 16.7. The third kappa shape index (κ3) is 2.95. The molecule has 3 nitrogen and oxygen atoms in total. The first-order valence-corrected chi connectivity index (χ1v) is 9.76. The van der Waals surface area contributed by atoms with Crippen molar-refractivity contribution < 1.29 is 0 Å². The first kappa shape index (κ1) is 15.7. The minimum absolute atomic E-state index is 0.586. The summed E-state index contributed by atoms with van der Waals surface area (Å²) in [6.07, 6.45) is 7.44. The molecule has 4 heteroatoms. The number of anilines is 1. The lowest BCUT2D eigenvalue weighted by molar-refractivity contribution is 0.358. The van der Waals surface area contributed by atoms with Gasteiger partial charge in [-0.3, -0.25) is 0 Å². The normalized spacial score (nSPS) is 21.3. The number of nitrogens with zero attached hydrogens (tertiary/aromatic N) is 2. The summed E-state index contributed by atoms with van der Waals surface area (Å²) in [5, 5.41) is 8.21. The molecular formula is C20H25N3S. The molecule has 1 aliphatic carbocycles. The van der Waals surface area contributed by atoms with Gasteiger partial charge in [0.25, 0.3) is 0 Å². The maximum absolute atomic E-state index is 4.89. The SMILES string of the molecule is Cc1ccc2c(c1)c(-c1csc(N[C@H]3CCC[C@@H](C)C3)n1)cn2C. The summed E-state index contributed by atoms with van der Waals surface area (Å²) in [5.74, 6) is 0.830. The zero-order valence-corrected chi connectivity index (χ0v) is 15.5. The fraction of sp³-hybridized carbons (Fsp3) is 0.450. The molecule has 0 saturated heterocycles. The van der Waals surface area contributed by atoms with E-state index < -0.39 is 0 Å². The van der Waals surface area contributed by atoms with Gasteiger partial charge >= 0.3 is 0 Å². The van der Waals surface area contributed by atoms with Crippen LogP contribution in [0, 0.1) is 12.8 Å². The quantitative estimate of drug-likeness (QED) is 0.673. The summed E-state index contributed by atoms with van der Waals surface area (Å²) < 4.78 is 2.19. The molecule has 0 amide bonds. The molecular weight excluding hydrogens is 314 g/mol. The van der Waals surface area contributed by atoms with Gasteiger partial charge < -0.3 is 9.88 Å². The summed E-state index contributed by atoms with van der Waals surface area (Å²) in [6.45, 7) is 4.51. The Hall–Kier alpha value is -1.81. The van der Waals surface area contributed by atoms with Crippen LogP contribution in [0.3, 0.4) is 0 Å². The lowest BCUT2D eigenvalue weighted by Crippen LogP contribution is -2.26. The Morgan fingerprint density at radius 3 is 3.00 bits per heavy atom. The molecule has 24 heavy (non-hydrogen) atoms. The molecule has 4 rings (SSSR count). The van der Waals surface area contributed by atoms with Crippen LogP contribution in [0.5, 0.6) is 0 Å². The van der Waals surface area contributed by atoms with Crippen molar-refractivity contribution in [2.75, 3.05) is 5.32 Å². The van der Waals surface area contributed by atoms with E-state index in [4.69, 9.17) is 4.98 Å². The standard InChI is InChI=1S/C20H25N3S/c1-13-5-4-6-15(9-13)21-20-22-18(12-24-20)17-11-23(3)19-8-7-14(2)10-16(17)19/h7-8,10-13,15H,4-6,9H2,1-3H3,(H,21,22)/t13-,15+/m1/s1. The highest BCUT2D eigenvalue weighted by molar-refractivity contribution is 7.14. The van der Waals surface area contributed by atoms with Crippen molar-refractivity contribution >= 4 is 27.4 Å². The molecule has 0 spiro atoms. The minimum Gasteiger partial charge on any atom is -0.359 e. The van der Waals surface area contributed by atoms with Crippen molar-refractivity contribution in [2.24, 2.45) is 13.0 Å². The number of rotatable bonds is 3. The second kappa shape index (κ2) is 6.25. The highest BCUT2D eigenvalue weighted by Gasteiger charge is 2.20.